The van der Waals surface area contributed by atoms with Crippen molar-refractivity contribution in [3.63, 3.8) is 0 Å². The molecule has 2 aromatic carbocycles. The Morgan fingerprint density at radius 3 is 2.58 bits per heavy atom. The topological polar surface area (TPSA) is 27.3 Å². The predicted molar refractivity (Wildman–Crippen MR) is 118 cm³/mol. The van der Waals surface area contributed by atoms with Gasteiger partial charge in [0.15, 0.2) is 5.11 Å². The van der Waals surface area contributed by atoms with E-state index in [-0.39, 0.29) is 18.3 Å². The standard InChI is InChI=1S/C19H21Cl2N3S.ClH/c1-3-22-19(25)23-14-6-4-12(5-7-14)16-10-24(2)11-17-15(16)8-13(20)9-18(17)21;/h4-9,16H,3,10-11H2,1-2H3,(H2,22,23,25);1H. The number of nitrogens with zero attached hydrogens (tertiary/aromatic N) is 1. The first-order chi connectivity index (χ1) is 12.0. The average Bonchev–Trinajstić information content (AvgIpc) is 2.56. The molecule has 0 amide bonds. The maximum absolute atomic E-state index is 6.44. The van der Waals surface area contributed by atoms with Crippen LogP contribution in [0.4, 0.5) is 5.69 Å². The number of halogens is 3. The number of anilines is 1. The van der Waals surface area contributed by atoms with E-state index >= 15 is 0 Å². The summed E-state index contributed by atoms with van der Waals surface area (Å²) < 4.78 is 0. The van der Waals surface area contributed by atoms with Crippen molar-refractivity contribution in [3.8, 4) is 0 Å². The summed E-state index contributed by atoms with van der Waals surface area (Å²) in [6.45, 7) is 4.60. The van der Waals surface area contributed by atoms with Gasteiger partial charge in [0.05, 0.1) is 0 Å². The van der Waals surface area contributed by atoms with Gasteiger partial charge >= 0.3 is 0 Å². The van der Waals surface area contributed by atoms with E-state index < -0.39 is 0 Å². The minimum atomic E-state index is 0. The van der Waals surface area contributed by atoms with Gasteiger partial charge in [-0.2, -0.15) is 0 Å². The third-order valence-electron chi connectivity index (χ3n) is 4.40. The van der Waals surface area contributed by atoms with Crippen LogP contribution in [-0.4, -0.2) is 30.1 Å². The van der Waals surface area contributed by atoms with Crippen molar-refractivity contribution in [1.82, 2.24) is 10.2 Å². The van der Waals surface area contributed by atoms with Gasteiger partial charge in [-0.15, -0.1) is 12.4 Å². The minimum absolute atomic E-state index is 0. The molecule has 2 aromatic rings. The number of hydrogen-bond donors (Lipinski definition) is 2. The molecule has 1 aliphatic rings. The van der Waals surface area contributed by atoms with E-state index in [9.17, 15) is 0 Å². The molecule has 0 fully saturated rings. The molecule has 140 valence electrons. The fourth-order valence-corrected chi connectivity index (χ4v) is 4.10. The highest BCUT2D eigenvalue weighted by Crippen LogP contribution is 2.38. The van der Waals surface area contributed by atoms with Crippen LogP contribution >= 0.6 is 47.8 Å². The zero-order chi connectivity index (χ0) is 18.0. The van der Waals surface area contributed by atoms with Crippen LogP contribution in [0.15, 0.2) is 36.4 Å². The molecular weight excluding hydrogens is 409 g/mol. The Labute approximate surface area is 176 Å². The molecule has 0 spiro atoms. The van der Waals surface area contributed by atoms with Gasteiger partial charge in [-0.3, -0.25) is 0 Å². The monoisotopic (exact) mass is 429 g/mol. The van der Waals surface area contributed by atoms with E-state index in [1.807, 2.05) is 19.1 Å². The van der Waals surface area contributed by atoms with Crippen LogP contribution < -0.4 is 10.6 Å². The smallest absolute Gasteiger partial charge is 0.170 e. The molecule has 1 atom stereocenters. The van der Waals surface area contributed by atoms with Crippen molar-refractivity contribution in [2.75, 3.05) is 25.5 Å². The molecule has 0 bridgehead atoms. The van der Waals surface area contributed by atoms with E-state index in [2.05, 4.69) is 46.8 Å². The van der Waals surface area contributed by atoms with Crippen molar-refractivity contribution >= 4 is 58.6 Å². The average molecular weight is 431 g/mol. The summed E-state index contributed by atoms with van der Waals surface area (Å²) >= 11 is 17.9. The second-order valence-corrected chi connectivity index (χ2v) is 7.56. The number of fused-ring (bicyclic) bond motifs is 1. The molecule has 7 heteroatoms. The molecule has 0 saturated carbocycles. The molecule has 0 aromatic heterocycles. The zero-order valence-electron chi connectivity index (χ0n) is 14.7. The third-order valence-corrected chi connectivity index (χ3v) is 5.20. The summed E-state index contributed by atoms with van der Waals surface area (Å²) in [5.74, 6) is 0.250. The number of hydrogen-bond acceptors (Lipinski definition) is 2. The van der Waals surface area contributed by atoms with Gasteiger partial charge < -0.3 is 15.5 Å². The molecule has 1 aliphatic heterocycles. The van der Waals surface area contributed by atoms with Crippen LogP contribution in [0.2, 0.25) is 10.0 Å². The highest BCUT2D eigenvalue weighted by Gasteiger charge is 2.26. The highest BCUT2D eigenvalue weighted by atomic mass is 35.5. The van der Waals surface area contributed by atoms with E-state index in [1.165, 1.54) is 16.7 Å². The molecule has 26 heavy (non-hydrogen) atoms. The minimum Gasteiger partial charge on any atom is -0.363 e. The van der Waals surface area contributed by atoms with Crippen LogP contribution in [-0.2, 0) is 6.54 Å². The van der Waals surface area contributed by atoms with Crippen LogP contribution in [0.5, 0.6) is 0 Å². The number of nitrogens with one attached hydrogen (secondary N) is 2. The molecule has 3 rings (SSSR count). The normalized spacial score (nSPS) is 16.4. The summed E-state index contributed by atoms with van der Waals surface area (Å²) in [6.07, 6.45) is 0. The first-order valence-electron chi connectivity index (χ1n) is 8.29. The summed E-state index contributed by atoms with van der Waals surface area (Å²) in [5, 5.41) is 8.34. The van der Waals surface area contributed by atoms with E-state index in [1.54, 1.807) is 0 Å². The largest absolute Gasteiger partial charge is 0.363 e. The maximum atomic E-state index is 6.44. The van der Waals surface area contributed by atoms with Crippen LogP contribution in [0.3, 0.4) is 0 Å². The third kappa shape index (κ3) is 4.81. The molecule has 0 saturated heterocycles. The lowest BCUT2D eigenvalue weighted by molar-refractivity contribution is 0.295. The molecule has 2 N–H and O–H groups in total. The second kappa shape index (κ2) is 9.25. The van der Waals surface area contributed by atoms with Crippen LogP contribution in [0, 0.1) is 0 Å². The summed E-state index contributed by atoms with van der Waals surface area (Å²) in [4.78, 5) is 2.29. The number of likely N-dealkylation sites (N-methyl/N-ethyl adjacent to an activating group) is 1. The summed E-state index contributed by atoms with van der Waals surface area (Å²) in [6, 6.07) is 12.3. The Morgan fingerprint density at radius 1 is 1.23 bits per heavy atom. The van der Waals surface area contributed by atoms with Gasteiger partial charge in [-0.05, 0) is 67.1 Å². The van der Waals surface area contributed by atoms with Crippen molar-refractivity contribution < 1.29 is 0 Å². The van der Waals surface area contributed by atoms with Crippen molar-refractivity contribution in [3.05, 3.63) is 63.1 Å². The SMILES string of the molecule is CCNC(=S)Nc1ccc(C2CN(C)Cc3c(Cl)cc(Cl)cc32)cc1.Cl. The Kier molecular flexibility index (Phi) is 7.56. The van der Waals surface area contributed by atoms with Gasteiger partial charge in [0.25, 0.3) is 0 Å². The first kappa shape index (κ1) is 21.3. The maximum Gasteiger partial charge on any atom is 0.170 e. The van der Waals surface area contributed by atoms with E-state index in [0.29, 0.717) is 10.1 Å². The number of thiocarbonyl (C=S) groups is 1. The molecular formula is C19H22Cl3N3S. The lowest BCUT2D eigenvalue weighted by atomic mass is 9.85. The number of rotatable bonds is 3. The quantitative estimate of drug-likeness (QED) is 0.646. The van der Waals surface area contributed by atoms with Crippen molar-refractivity contribution in [2.45, 2.75) is 19.4 Å². The lowest BCUT2D eigenvalue weighted by Crippen LogP contribution is -2.31. The zero-order valence-corrected chi connectivity index (χ0v) is 17.8. The first-order valence-corrected chi connectivity index (χ1v) is 9.45. The lowest BCUT2D eigenvalue weighted by Gasteiger charge is -2.33. The molecule has 3 nitrogen and oxygen atoms in total. The molecule has 1 unspecified atom stereocenters. The van der Waals surface area contributed by atoms with Crippen molar-refractivity contribution in [2.24, 2.45) is 0 Å². The fraction of sp³-hybridized carbons (Fsp3) is 0.316. The van der Waals surface area contributed by atoms with E-state index in [4.69, 9.17) is 35.4 Å². The van der Waals surface area contributed by atoms with Gasteiger partial charge in [0.2, 0.25) is 0 Å². The number of benzene rings is 2. The Balaban J connectivity index is 0.00000243. The summed E-state index contributed by atoms with van der Waals surface area (Å²) in [7, 11) is 2.12. The Bertz CT molecular complexity index is 780. The second-order valence-electron chi connectivity index (χ2n) is 6.31. The molecule has 0 aliphatic carbocycles. The highest BCUT2D eigenvalue weighted by molar-refractivity contribution is 7.80. The molecule has 0 radical (unpaired) electrons. The molecule has 1 heterocycles. The van der Waals surface area contributed by atoms with E-state index in [0.717, 1.165) is 30.3 Å². The Morgan fingerprint density at radius 2 is 1.92 bits per heavy atom. The van der Waals surface area contributed by atoms with Crippen LogP contribution in [0.25, 0.3) is 0 Å². The van der Waals surface area contributed by atoms with Gasteiger partial charge in [-0.1, -0.05) is 35.3 Å². The van der Waals surface area contributed by atoms with Crippen LogP contribution in [0.1, 0.15) is 29.5 Å². The fourth-order valence-electron chi connectivity index (χ4n) is 3.27. The summed E-state index contributed by atoms with van der Waals surface area (Å²) in [5.41, 5.74) is 4.61. The van der Waals surface area contributed by atoms with Gasteiger partial charge in [0.1, 0.15) is 0 Å². The van der Waals surface area contributed by atoms with Gasteiger partial charge in [0, 0.05) is 41.3 Å². The van der Waals surface area contributed by atoms with Crippen molar-refractivity contribution in [1.29, 1.82) is 0 Å². The Hall–Kier alpha value is -1.04. The predicted octanol–water partition coefficient (Wildman–Crippen LogP) is 5.30. The van der Waals surface area contributed by atoms with Gasteiger partial charge in [-0.25, -0.2) is 0 Å².